The van der Waals surface area contributed by atoms with E-state index in [2.05, 4.69) is 14.5 Å². The van der Waals surface area contributed by atoms with E-state index in [4.69, 9.17) is 34.7 Å². The molecule has 0 aliphatic heterocycles. The van der Waals surface area contributed by atoms with Crippen LogP contribution >= 0.6 is 0 Å². The van der Waals surface area contributed by atoms with E-state index in [1.54, 1.807) is 13.2 Å². The van der Waals surface area contributed by atoms with Crippen LogP contribution in [-0.4, -0.2) is 59.3 Å². The smallest absolute Gasteiger partial charge is 0.466 e. The van der Waals surface area contributed by atoms with Gasteiger partial charge in [0, 0.05) is 65.1 Å². The van der Waals surface area contributed by atoms with Crippen LogP contribution in [0, 0.1) is 29.8 Å². The van der Waals surface area contributed by atoms with Gasteiger partial charge in [-0.25, -0.2) is 29.4 Å². The van der Waals surface area contributed by atoms with E-state index in [9.17, 15) is 32.9 Å². The number of hydrogen-bond donors (Lipinski definition) is 2. The van der Waals surface area contributed by atoms with Gasteiger partial charge in [0.1, 0.15) is 6.42 Å². The van der Waals surface area contributed by atoms with Crippen molar-refractivity contribution in [2.45, 2.75) is 53.1 Å². The second-order valence-corrected chi connectivity index (χ2v) is 4.01. The summed E-state index contributed by atoms with van der Waals surface area (Å²) in [6.07, 6.45) is -3.30. The van der Waals surface area contributed by atoms with E-state index in [-0.39, 0.29) is 58.0 Å². The first-order valence-electron chi connectivity index (χ1n) is 8.17. The van der Waals surface area contributed by atoms with Gasteiger partial charge in [-0.1, -0.05) is 13.8 Å². The molecule has 196 valence electrons. The zero-order valence-electron chi connectivity index (χ0n) is 19.0. The molecule has 0 aliphatic rings. The molecule has 2 N–H and O–H groups in total. The molecule has 0 saturated heterocycles. The van der Waals surface area contributed by atoms with Crippen molar-refractivity contribution in [2.24, 2.45) is 0 Å². The monoisotopic (exact) mass is 1010 g/mol. The summed E-state index contributed by atoms with van der Waals surface area (Å²) >= 11 is 0. The third-order valence-corrected chi connectivity index (χ3v) is 1.41. The molecule has 0 amide bonds. The van der Waals surface area contributed by atoms with E-state index >= 15 is 0 Å². The maximum Gasteiger partial charge on any atom is 0.466 e. The number of alkyl halides is 3. The SMILES string of the molecule is CCC(F)(F)F.CC[C-]=O.CC[N+](=O)[O-].O=C(O)CC(=O)O.[C-]#[N+]CC.[C-]#[N+]C[N+]#[C-].[Re].[Rf].[Rh]. The van der Waals surface area contributed by atoms with E-state index in [0.717, 1.165) is 6.92 Å². The fraction of sp³-hybridized carbons (Fsp3) is 0.647. The summed E-state index contributed by atoms with van der Waals surface area (Å²) in [6.45, 7) is 24.9. The Kier molecular flexibility index (Phi) is 87.6. The van der Waals surface area contributed by atoms with Crippen molar-refractivity contribution in [2.75, 3.05) is 19.8 Å². The molecule has 0 aliphatic carbocycles. The number of carboxylic acid groups (broad SMARTS) is 2. The van der Waals surface area contributed by atoms with Crippen molar-refractivity contribution in [3.8, 4) is 0 Å². The molecule has 0 aromatic carbocycles. The molecule has 0 spiro atoms. The first-order valence-corrected chi connectivity index (χ1v) is 8.17. The number of halogens is 3. The Morgan fingerprint density at radius 2 is 1.24 bits per heavy atom. The molecule has 0 rings (SSSR count). The van der Waals surface area contributed by atoms with Gasteiger partial charge in [-0.2, -0.15) is 19.6 Å². The topological polar surface area (TPSA) is 148 Å². The molecule has 0 aromatic heterocycles. The van der Waals surface area contributed by atoms with Crippen LogP contribution < -0.4 is 0 Å². The van der Waals surface area contributed by atoms with Gasteiger partial charge in [-0.15, -0.1) is 0 Å². The largest absolute Gasteiger partial charge is 0.542 e. The number of carbonyl (C=O) groups excluding carboxylic acids is 1. The Hall–Kier alpha value is -3.44. The molecular weight excluding hydrogens is 985 g/mol. The van der Waals surface area contributed by atoms with Gasteiger partial charge in [0.15, 0.2) is 0 Å². The minimum Gasteiger partial charge on any atom is -0.542 e. The van der Waals surface area contributed by atoms with Crippen LogP contribution in [0.3, 0.4) is 0 Å². The molecule has 0 bridgehead atoms. The van der Waals surface area contributed by atoms with Crippen molar-refractivity contribution in [3.05, 3.63) is 44.4 Å². The number of rotatable bonds is 4. The summed E-state index contributed by atoms with van der Waals surface area (Å²) in [4.78, 5) is 45.2. The van der Waals surface area contributed by atoms with E-state index in [1.807, 2.05) is 6.92 Å². The van der Waals surface area contributed by atoms with Crippen LogP contribution in [0.2, 0.25) is 0 Å². The van der Waals surface area contributed by atoms with Gasteiger partial charge in [0.05, 0.1) is 0 Å². The molecule has 0 unspecified atom stereocenters. The van der Waals surface area contributed by atoms with Crippen molar-refractivity contribution < 1.29 is 82.6 Å². The summed E-state index contributed by atoms with van der Waals surface area (Å²) in [5, 5.41) is 24.6. The number of hydrogen-bond acceptors (Lipinski definition) is 5. The molecule has 0 aromatic rings. The fourth-order valence-corrected chi connectivity index (χ4v) is 0.165. The normalized spacial score (nSPS) is 6.82. The number of carboxylic acids is 2. The Labute approximate surface area is 217 Å². The summed E-state index contributed by atoms with van der Waals surface area (Å²) in [5.74, 6) is -2.62. The Morgan fingerprint density at radius 3 is 1.24 bits per heavy atom. The van der Waals surface area contributed by atoms with Crippen LogP contribution in [0.25, 0.3) is 14.5 Å². The van der Waals surface area contributed by atoms with Crippen molar-refractivity contribution in [1.82, 2.24) is 0 Å². The maximum absolute atomic E-state index is 10.8. The Bertz CT molecular complexity index is 574. The average Bonchev–Trinajstić information content (AvgIpc) is 2.68. The first kappa shape index (κ1) is 57.4. The van der Waals surface area contributed by atoms with Gasteiger partial charge in [0.2, 0.25) is 13.1 Å². The minimum absolute atomic E-state index is 0. The summed E-state index contributed by atoms with van der Waals surface area (Å²) in [5.41, 5.74) is 0. The molecular formula is C17H26F3N4O7ReRfRh-. The van der Waals surface area contributed by atoms with Crippen LogP contribution in [0.4, 0.5) is 13.2 Å². The fourth-order valence-electron chi connectivity index (χ4n) is 0.165. The van der Waals surface area contributed by atoms with Crippen molar-refractivity contribution >= 4 is 18.2 Å². The summed E-state index contributed by atoms with van der Waals surface area (Å²) < 4.78 is 32.4. The molecule has 17 heteroatoms. The van der Waals surface area contributed by atoms with Gasteiger partial charge in [0.25, 0.3) is 0 Å². The van der Waals surface area contributed by atoms with Gasteiger partial charge >= 0.3 is 24.8 Å². The molecule has 2 radical (unpaired) electrons. The van der Waals surface area contributed by atoms with Crippen LogP contribution in [-0.2, 0) is 54.3 Å². The number of nitro groups is 1. The molecule has 0 atom stereocenters. The first-order chi connectivity index (χ1) is 14.2. The van der Waals surface area contributed by atoms with Gasteiger partial charge in [-0.05, 0) is 0 Å². The van der Waals surface area contributed by atoms with Gasteiger partial charge in [-0.3, -0.25) is 26.0 Å². The average molecular weight is 1010 g/mol. The van der Waals surface area contributed by atoms with Crippen molar-refractivity contribution in [3.63, 3.8) is 0 Å². The van der Waals surface area contributed by atoms with E-state index in [0.29, 0.717) is 13.0 Å². The zero-order valence-corrected chi connectivity index (χ0v) is 29.8. The third kappa shape index (κ3) is 237. The molecule has 11 nitrogen and oxygen atoms in total. The van der Waals surface area contributed by atoms with E-state index < -0.39 is 31.0 Å². The molecule has 0 fully saturated rings. The summed E-state index contributed by atoms with van der Waals surface area (Å²) in [6, 6.07) is 0. The van der Waals surface area contributed by atoms with Crippen LogP contribution in [0.15, 0.2) is 0 Å². The second kappa shape index (κ2) is 51.9. The minimum atomic E-state index is -3.96. The summed E-state index contributed by atoms with van der Waals surface area (Å²) in [7, 11) is 0. The number of aliphatic carboxylic acids is 2. The standard InChI is InChI=1S/C3H5F3.C3H2N2.C3H5N.C3H4O4.C3H5O.C2H5NO2.Re.Rf.Rh/c1-2-3(4,5)6;1-4-3-5-2;1-3-4-2;4-2(5)1-3(6)7;1-2-3-4;1-2-3(4)5;;;/h2H2,1H3;3H2;3H2,1H3;1H2,(H,4,5)(H,6,7);2H2,1H3;2H2,1H3;;;/q;;;;-1;;;;. The quantitative estimate of drug-likeness (QED) is 0.142. The number of carbonyl (C=O) groups is 2. The predicted molar refractivity (Wildman–Crippen MR) is 105 cm³/mol. The molecule has 0 heterocycles. The Morgan fingerprint density at radius 1 is 1.00 bits per heavy atom. The zero-order chi connectivity index (χ0) is 26.3. The molecule has 0 saturated carbocycles. The van der Waals surface area contributed by atoms with Crippen LogP contribution in [0.5, 0.6) is 0 Å². The molecule has 34 heavy (non-hydrogen) atoms. The Balaban J connectivity index is -0.0000000313. The van der Waals surface area contributed by atoms with E-state index in [1.165, 1.54) is 6.92 Å². The number of nitrogens with zero attached hydrogens (tertiary/aromatic N) is 4. The van der Waals surface area contributed by atoms with Crippen LogP contribution in [0.1, 0.15) is 47.0 Å². The maximum atomic E-state index is 10.8. The third-order valence-electron chi connectivity index (χ3n) is 1.41. The van der Waals surface area contributed by atoms with Gasteiger partial charge < -0.3 is 19.9 Å². The van der Waals surface area contributed by atoms with Crippen molar-refractivity contribution in [1.29, 1.82) is 0 Å². The second-order valence-electron chi connectivity index (χ2n) is 4.01. The predicted octanol–water partition coefficient (Wildman–Crippen LogP) is 4.00.